The van der Waals surface area contributed by atoms with Crippen molar-refractivity contribution in [3.8, 4) is 0 Å². The zero-order valence-corrected chi connectivity index (χ0v) is 10.6. The molecule has 0 saturated heterocycles. The monoisotopic (exact) mass is 257 g/mol. The molecule has 0 aromatic rings. The number of nitrogens with one attached hydrogen (secondary N) is 1. The number of nitrogens with two attached hydrogens (primary N) is 1. The lowest BCUT2D eigenvalue weighted by molar-refractivity contribution is -0.145. The largest absolute Gasteiger partial charge is 0.465 e. The van der Waals surface area contributed by atoms with Gasteiger partial charge in [-0.3, -0.25) is 19.8 Å². The Morgan fingerprint density at radius 1 is 1.50 bits per heavy atom. The number of esters is 1. The van der Waals surface area contributed by atoms with Gasteiger partial charge < -0.3 is 10.5 Å². The van der Waals surface area contributed by atoms with Gasteiger partial charge in [0.2, 0.25) is 5.91 Å². The molecule has 0 aromatic carbocycles. The minimum Gasteiger partial charge on any atom is -0.465 e. The van der Waals surface area contributed by atoms with Gasteiger partial charge in [0, 0.05) is 6.54 Å². The number of carbonyl (C=O) groups excluding carboxylic acids is 3. The number of hydrogen-bond acceptors (Lipinski definition) is 5. The number of rotatable bonds is 7. The lowest BCUT2D eigenvalue weighted by Gasteiger charge is -2.25. The minimum absolute atomic E-state index is 0.0623. The van der Waals surface area contributed by atoms with Crippen molar-refractivity contribution in [3.63, 3.8) is 0 Å². The average Bonchev–Trinajstić information content (AvgIpc) is 2.26. The highest BCUT2D eigenvalue weighted by molar-refractivity contribution is 5.96. The molecule has 102 valence electrons. The summed E-state index contributed by atoms with van der Waals surface area (Å²) >= 11 is 0. The predicted octanol–water partition coefficient (Wildman–Crippen LogP) is -0.379. The van der Waals surface area contributed by atoms with E-state index in [1.54, 1.807) is 19.9 Å². The van der Waals surface area contributed by atoms with Gasteiger partial charge in [-0.05, 0) is 13.8 Å². The number of amides is 3. The van der Waals surface area contributed by atoms with Gasteiger partial charge in [0.1, 0.15) is 0 Å². The van der Waals surface area contributed by atoms with Gasteiger partial charge in [-0.15, -0.1) is 6.58 Å². The molecule has 0 saturated carbocycles. The van der Waals surface area contributed by atoms with Crippen molar-refractivity contribution < 1.29 is 19.1 Å². The summed E-state index contributed by atoms with van der Waals surface area (Å²) in [6, 6.07) is -1.62. The van der Waals surface area contributed by atoms with Crippen molar-refractivity contribution in [1.82, 2.24) is 10.2 Å². The molecule has 0 aromatic heterocycles. The number of primary amides is 1. The summed E-state index contributed by atoms with van der Waals surface area (Å²) in [7, 11) is 0. The van der Waals surface area contributed by atoms with E-state index in [1.165, 1.54) is 4.90 Å². The first-order valence-corrected chi connectivity index (χ1v) is 5.53. The average molecular weight is 257 g/mol. The second-order valence-corrected chi connectivity index (χ2v) is 3.55. The first-order valence-electron chi connectivity index (χ1n) is 5.53. The number of carbonyl (C=O) groups is 3. The van der Waals surface area contributed by atoms with Gasteiger partial charge in [-0.1, -0.05) is 6.08 Å². The van der Waals surface area contributed by atoms with E-state index in [0.29, 0.717) is 6.54 Å². The molecule has 0 aliphatic carbocycles. The summed E-state index contributed by atoms with van der Waals surface area (Å²) in [6.07, 6.45) is 1.55. The molecular formula is C11H19N3O4. The molecular weight excluding hydrogens is 238 g/mol. The summed E-state index contributed by atoms with van der Waals surface area (Å²) in [4.78, 5) is 35.0. The van der Waals surface area contributed by atoms with Crippen LogP contribution in [0.25, 0.3) is 0 Å². The Bertz CT molecular complexity index is 330. The molecule has 0 aliphatic rings. The number of imide groups is 1. The van der Waals surface area contributed by atoms with Crippen LogP contribution in [-0.4, -0.2) is 48.5 Å². The number of urea groups is 1. The standard InChI is InChI=1S/C11H19N3O4/c1-4-6-14(7-9(15)18-5-2)8(3)10(16)13-11(12)17/h4,8H,1,5-7H2,2-3H3,(H3,12,13,16,17). The maximum Gasteiger partial charge on any atom is 0.320 e. The van der Waals surface area contributed by atoms with Gasteiger partial charge in [0.25, 0.3) is 0 Å². The molecule has 0 radical (unpaired) electrons. The maximum absolute atomic E-state index is 11.6. The topological polar surface area (TPSA) is 102 Å². The Morgan fingerprint density at radius 2 is 2.11 bits per heavy atom. The van der Waals surface area contributed by atoms with Crippen LogP contribution in [0.3, 0.4) is 0 Å². The number of hydrogen-bond donors (Lipinski definition) is 2. The SMILES string of the molecule is C=CCN(CC(=O)OCC)C(C)C(=O)NC(N)=O. The van der Waals surface area contributed by atoms with E-state index in [-0.39, 0.29) is 13.2 Å². The molecule has 0 fully saturated rings. The van der Waals surface area contributed by atoms with Crippen molar-refractivity contribution >= 4 is 17.9 Å². The molecule has 18 heavy (non-hydrogen) atoms. The molecule has 0 rings (SSSR count). The zero-order chi connectivity index (χ0) is 14.1. The van der Waals surface area contributed by atoms with Crippen LogP contribution in [-0.2, 0) is 14.3 Å². The summed E-state index contributed by atoms with van der Waals surface area (Å²) in [5.74, 6) is -1.02. The van der Waals surface area contributed by atoms with Crippen LogP contribution in [0, 0.1) is 0 Å². The smallest absolute Gasteiger partial charge is 0.320 e. The van der Waals surface area contributed by atoms with Gasteiger partial charge >= 0.3 is 12.0 Å². The maximum atomic E-state index is 11.6. The summed E-state index contributed by atoms with van der Waals surface area (Å²) in [5, 5.41) is 1.96. The molecule has 3 amide bonds. The third kappa shape index (κ3) is 6.00. The molecule has 0 aliphatic heterocycles. The van der Waals surface area contributed by atoms with Crippen molar-refractivity contribution in [1.29, 1.82) is 0 Å². The van der Waals surface area contributed by atoms with E-state index >= 15 is 0 Å². The Labute approximate surface area is 106 Å². The highest BCUT2D eigenvalue weighted by Gasteiger charge is 2.23. The zero-order valence-electron chi connectivity index (χ0n) is 10.6. The fraction of sp³-hybridized carbons (Fsp3) is 0.545. The fourth-order valence-corrected chi connectivity index (χ4v) is 1.29. The Hall–Kier alpha value is -1.89. The molecule has 7 heteroatoms. The molecule has 0 heterocycles. The van der Waals surface area contributed by atoms with Crippen molar-refractivity contribution in [3.05, 3.63) is 12.7 Å². The Kier molecular flexibility index (Phi) is 7.37. The second kappa shape index (κ2) is 8.24. The molecule has 7 nitrogen and oxygen atoms in total. The number of nitrogens with zero attached hydrogens (tertiary/aromatic N) is 1. The predicted molar refractivity (Wildman–Crippen MR) is 65.6 cm³/mol. The highest BCUT2D eigenvalue weighted by Crippen LogP contribution is 2.00. The van der Waals surface area contributed by atoms with E-state index < -0.39 is 23.9 Å². The van der Waals surface area contributed by atoms with E-state index in [4.69, 9.17) is 10.5 Å². The van der Waals surface area contributed by atoms with Crippen LogP contribution in [0.5, 0.6) is 0 Å². The van der Waals surface area contributed by atoms with Crippen LogP contribution < -0.4 is 11.1 Å². The van der Waals surface area contributed by atoms with Gasteiger partial charge in [0.05, 0.1) is 19.2 Å². The third-order valence-electron chi connectivity index (χ3n) is 2.17. The molecule has 3 N–H and O–H groups in total. The molecule has 1 unspecified atom stereocenters. The quantitative estimate of drug-likeness (QED) is 0.478. The third-order valence-corrected chi connectivity index (χ3v) is 2.17. The minimum atomic E-state index is -0.929. The fourth-order valence-electron chi connectivity index (χ4n) is 1.29. The van der Waals surface area contributed by atoms with Gasteiger partial charge in [0.15, 0.2) is 0 Å². The molecule has 0 spiro atoms. The second-order valence-electron chi connectivity index (χ2n) is 3.55. The van der Waals surface area contributed by atoms with E-state index in [9.17, 15) is 14.4 Å². The van der Waals surface area contributed by atoms with Crippen LogP contribution in [0.2, 0.25) is 0 Å². The van der Waals surface area contributed by atoms with Crippen LogP contribution in [0.4, 0.5) is 4.79 Å². The van der Waals surface area contributed by atoms with Gasteiger partial charge in [-0.25, -0.2) is 4.79 Å². The van der Waals surface area contributed by atoms with Crippen molar-refractivity contribution in [2.45, 2.75) is 19.9 Å². The lowest BCUT2D eigenvalue weighted by atomic mass is 10.2. The van der Waals surface area contributed by atoms with E-state index in [2.05, 4.69) is 6.58 Å². The summed E-state index contributed by atoms with van der Waals surface area (Å²) in [6.45, 7) is 7.31. The highest BCUT2D eigenvalue weighted by atomic mass is 16.5. The first kappa shape index (κ1) is 16.1. The van der Waals surface area contributed by atoms with Crippen LogP contribution in [0.1, 0.15) is 13.8 Å². The van der Waals surface area contributed by atoms with Gasteiger partial charge in [-0.2, -0.15) is 0 Å². The number of ether oxygens (including phenoxy) is 1. The van der Waals surface area contributed by atoms with E-state index in [1.807, 2.05) is 5.32 Å². The normalized spacial score (nSPS) is 11.7. The van der Waals surface area contributed by atoms with E-state index in [0.717, 1.165) is 0 Å². The van der Waals surface area contributed by atoms with Crippen molar-refractivity contribution in [2.75, 3.05) is 19.7 Å². The Balaban J connectivity index is 4.56. The van der Waals surface area contributed by atoms with Crippen LogP contribution in [0.15, 0.2) is 12.7 Å². The Morgan fingerprint density at radius 3 is 2.56 bits per heavy atom. The first-order chi connectivity index (χ1) is 8.42. The summed E-state index contributed by atoms with van der Waals surface area (Å²) in [5.41, 5.74) is 4.85. The molecule has 1 atom stereocenters. The lowest BCUT2D eigenvalue weighted by Crippen LogP contribution is -2.50. The van der Waals surface area contributed by atoms with Crippen molar-refractivity contribution in [2.24, 2.45) is 5.73 Å². The summed E-state index contributed by atoms with van der Waals surface area (Å²) < 4.78 is 4.79. The molecule has 0 bridgehead atoms. The van der Waals surface area contributed by atoms with Crippen LogP contribution >= 0.6 is 0 Å².